The maximum absolute atomic E-state index is 13.2. The molecule has 1 atom stereocenters. The minimum absolute atomic E-state index is 0.00244. The van der Waals surface area contributed by atoms with Crippen LogP contribution in [0.4, 0.5) is 0 Å². The lowest BCUT2D eigenvalue weighted by Gasteiger charge is -2.23. The summed E-state index contributed by atoms with van der Waals surface area (Å²) in [7, 11) is -1.44. The van der Waals surface area contributed by atoms with Crippen molar-refractivity contribution in [1.82, 2.24) is 14.5 Å². The van der Waals surface area contributed by atoms with E-state index in [9.17, 15) is 18.0 Å². The Bertz CT molecular complexity index is 1330. The van der Waals surface area contributed by atoms with Crippen LogP contribution in [0.3, 0.4) is 0 Å². The standard InChI is InChI=1S/C22H23N3O4S3/c1-3-10-25-21(27)20-17(12-18(31-20)15-7-5-4-6-8-15)23-22(25)30-13-19(26)24(2)16-9-11-32(28,29)14-16/h3-8,12,16H,1,9-11,13-14H2,2H3. The average molecular weight is 490 g/mol. The number of fused-ring (bicyclic) bond motifs is 1. The van der Waals surface area contributed by atoms with Gasteiger partial charge >= 0.3 is 0 Å². The topological polar surface area (TPSA) is 89.3 Å². The van der Waals surface area contributed by atoms with Crippen LogP contribution in [-0.2, 0) is 21.2 Å². The quantitative estimate of drug-likeness (QED) is 0.288. The molecule has 1 aliphatic heterocycles. The molecule has 1 unspecified atom stereocenters. The SMILES string of the molecule is C=CCn1c(SCC(=O)N(C)C2CCS(=O)(=O)C2)nc2cc(-c3ccccc3)sc2c1=O. The Hall–Kier alpha value is -2.43. The summed E-state index contributed by atoms with van der Waals surface area (Å²) in [4.78, 5) is 33.0. The van der Waals surface area contributed by atoms with Crippen molar-refractivity contribution >= 4 is 49.1 Å². The van der Waals surface area contributed by atoms with Crippen LogP contribution in [-0.4, -0.2) is 59.1 Å². The van der Waals surface area contributed by atoms with Crippen LogP contribution in [0, 0.1) is 0 Å². The van der Waals surface area contributed by atoms with Crippen LogP contribution in [0.5, 0.6) is 0 Å². The Balaban J connectivity index is 1.60. The first-order valence-electron chi connectivity index (χ1n) is 10.1. The minimum atomic E-state index is -3.07. The molecule has 0 radical (unpaired) electrons. The number of carbonyl (C=O) groups is 1. The van der Waals surface area contributed by atoms with Gasteiger partial charge in [-0.2, -0.15) is 0 Å². The van der Waals surface area contributed by atoms with Gasteiger partial charge < -0.3 is 4.90 Å². The van der Waals surface area contributed by atoms with Crippen LogP contribution in [0.1, 0.15) is 6.42 Å². The number of carbonyl (C=O) groups excluding carboxylic acids is 1. The Kier molecular flexibility index (Phi) is 6.55. The van der Waals surface area contributed by atoms with Gasteiger partial charge in [0.2, 0.25) is 5.91 Å². The summed E-state index contributed by atoms with van der Waals surface area (Å²) in [6.07, 6.45) is 2.08. The molecule has 1 saturated heterocycles. The van der Waals surface area contributed by atoms with Crippen molar-refractivity contribution in [3.05, 3.63) is 59.4 Å². The maximum atomic E-state index is 13.2. The molecule has 4 rings (SSSR count). The molecule has 1 fully saturated rings. The predicted octanol–water partition coefficient (Wildman–Crippen LogP) is 3.05. The van der Waals surface area contributed by atoms with E-state index in [-0.39, 0.29) is 41.3 Å². The first-order chi connectivity index (χ1) is 15.3. The smallest absolute Gasteiger partial charge is 0.272 e. The van der Waals surface area contributed by atoms with Crippen molar-refractivity contribution in [2.45, 2.75) is 24.2 Å². The van der Waals surface area contributed by atoms with Gasteiger partial charge in [0.15, 0.2) is 15.0 Å². The number of hydrogen-bond acceptors (Lipinski definition) is 7. The number of benzene rings is 1. The van der Waals surface area contributed by atoms with E-state index in [0.717, 1.165) is 10.4 Å². The van der Waals surface area contributed by atoms with Crippen LogP contribution >= 0.6 is 23.1 Å². The minimum Gasteiger partial charge on any atom is -0.341 e. The highest BCUT2D eigenvalue weighted by atomic mass is 32.2. The average Bonchev–Trinajstić information content (AvgIpc) is 3.37. The van der Waals surface area contributed by atoms with Crippen molar-refractivity contribution < 1.29 is 13.2 Å². The molecular weight excluding hydrogens is 466 g/mol. The van der Waals surface area contributed by atoms with Crippen molar-refractivity contribution in [2.24, 2.45) is 0 Å². The molecule has 0 aliphatic carbocycles. The number of sulfone groups is 1. The zero-order valence-corrected chi connectivity index (χ0v) is 20.0. The van der Waals surface area contributed by atoms with Gasteiger partial charge in [0.1, 0.15) is 4.70 Å². The number of hydrogen-bond donors (Lipinski definition) is 0. The van der Waals surface area contributed by atoms with E-state index in [0.29, 0.717) is 21.8 Å². The molecule has 0 spiro atoms. The molecule has 3 aromatic rings. The monoisotopic (exact) mass is 489 g/mol. The molecule has 3 heterocycles. The molecule has 0 saturated carbocycles. The molecule has 10 heteroatoms. The molecule has 0 N–H and O–H groups in total. The lowest BCUT2D eigenvalue weighted by molar-refractivity contribution is -0.128. The molecule has 168 valence electrons. The number of rotatable bonds is 7. The normalized spacial score (nSPS) is 17.5. The van der Waals surface area contributed by atoms with Crippen LogP contribution in [0.25, 0.3) is 20.7 Å². The summed E-state index contributed by atoms with van der Waals surface area (Å²) in [5, 5.41) is 0.445. The molecule has 2 aromatic heterocycles. The summed E-state index contributed by atoms with van der Waals surface area (Å²) in [6.45, 7) is 4.02. The molecule has 7 nitrogen and oxygen atoms in total. The first kappa shape index (κ1) is 22.8. The Labute approximate surface area is 194 Å². The number of thiophene rings is 1. The van der Waals surface area contributed by atoms with Gasteiger partial charge in [-0.25, -0.2) is 13.4 Å². The molecule has 32 heavy (non-hydrogen) atoms. The Morgan fingerprint density at radius 2 is 2.12 bits per heavy atom. The largest absolute Gasteiger partial charge is 0.341 e. The van der Waals surface area contributed by atoms with Gasteiger partial charge in [-0.3, -0.25) is 14.2 Å². The second kappa shape index (κ2) is 9.21. The number of allylic oxidation sites excluding steroid dienone is 1. The third kappa shape index (κ3) is 4.67. The van der Waals surface area contributed by atoms with E-state index in [4.69, 9.17) is 0 Å². The van der Waals surface area contributed by atoms with Crippen LogP contribution in [0.15, 0.2) is 59.0 Å². The summed E-state index contributed by atoms with van der Waals surface area (Å²) in [5.41, 5.74) is 1.46. The molecule has 1 amide bonds. The first-order valence-corrected chi connectivity index (χ1v) is 13.7. The zero-order chi connectivity index (χ0) is 22.9. The summed E-state index contributed by atoms with van der Waals surface area (Å²) >= 11 is 2.58. The van der Waals surface area contributed by atoms with Crippen LogP contribution in [0.2, 0.25) is 0 Å². The van der Waals surface area contributed by atoms with Gasteiger partial charge in [0.05, 0.1) is 22.8 Å². The fourth-order valence-electron chi connectivity index (χ4n) is 3.65. The van der Waals surface area contributed by atoms with Gasteiger partial charge in [-0.05, 0) is 18.1 Å². The summed E-state index contributed by atoms with van der Waals surface area (Å²) in [6, 6.07) is 11.4. The van der Waals surface area contributed by atoms with Crippen molar-refractivity contribution in [1.29, 1.82) is 0 Å². The van der Waals surface area contributed by atoms with Gasteiger partial charge in [0.25, 0.3) is 5.56 Å². The highest BCUT2D eigenvalue weighted by Gasteiger charge is 2.32. The van der Waals surface area contributed by atoms with E-state index in [1.54, 1.807) is 13.1 Å². The second-order valence-corrected chi connectivity index (χ2v) is 11.9. The highest BCUT2D eigenvalue weighted by Crippen LogP contribution is 2.32. The zero-order valence-electron chi connectivity index (χ0n) is 17.6. The fraction of sp³-hybridized carbons (Fsp3) is 0.318. The lowest BCUT2D eigenvalue weighted by Crippen LogP contribution is -2.39. The van der Waals surface area contributed by atoms with E-state index in [1.807, 2.05) is 36.4 Å². The number of nitrogens with zero attached hydrogens (tertiary/aromatic N) is 3. The lowest BCUT2D eigenvalue weighted by atomic mass is 10.2. The number of amides is 1. The summed E-state index contributed by atoms with van der Waals surface area (Å²) < 4.78 is 25.6. The van der Waals surface area contributed by atoms with E-state index < -0.39 is 9.84 Å². The number of thioether (sulfide) groups is 1. The van der Waals surface area contributed by atoms with Crippen molar-refractivity contribution in [3.8, 4) is 10.4 Å². The molecular formula is C22H23N3O4S3. The highest BCUT2D eigenvalue weighted by molar-refractivity contribution is 7.99. The second-order valence-electron chi connectivity index (χ2n) is 7.64. The Morgan fingerprint density at radius 1 is 1.38 bits per heavy atom. The molecule has 0 bridgehead atoms. The van der Waals surface area contributed by atoms with Crippen molar-refractivity contribution in [3.63, 3.8) is 0 Å². The third-order valence-electron chi connectivity index (χ3n) is 5.44. The summed E-state index contributed by atoms with van der Waals surface area (Å²) in [5.74, 6) is -0.00582. The molecule has 1 aromatic carbocycles. The van der Waals surface area contributed by atoms with E-state index >= 15 is 0 Å². The van der Waals surface area contributed by atoms with Crippen molar-refractivity contribution in [2.75, 3.05) is 24.3 Å². The predicted molar refractivity (Wildman–Crippen MR) is 130 cm³/mol. The van der Waals surface area contributed by atoms with E-state index in [2.05, 4.69) is 11.6 Å². The van der Waals surface area contributed by atoms with Gasteiger partial charge in [-0.1, -0.05) is 48.2 Å². The van der Waals surface area contributed by atoms with Gasteiger partial charge in [-0.15, -0.1) is 17.9 Å². The van der Waals surface area contributed by atoms with Crippen LogP contribution < -0.4 is 5.56 Å². The number of aromatic nitrogens is 2. The van der Waals surface area contributed by atoms with E-state index in [1.165, 1.54) is 32.6 Å². The third-order valence-corrected chi connectivity index (χ3v) is 9.32. The Morgan fingerprint density at radius 3 is 2.78 bits per heavy atom. The fourth-order valence-corrected chi connectivity index (χ4v) is 7.41. The molecule has 1 aliphatic rings. The van der Waals surface area contributed by atoms with Gasteiger partial charge in [0, 0.05) is 24.5 Å². The maximum Gasteiger partial charge on any atom is 0.272 e.